The topological polar surface area (TPSA) is 57.6 Å². The van der Waals surface area contributed by atoms with Crippen molar-refractivity contribution >= 4 is 34.5 Å². The lowest BCUT2D eigenvalue weighted by Crippen LogP contribution is -2.31. The predicted molar refractivity (Wildman–Crippen MR) is 79.7 cm³/mol. The van der Waals surface area contributed by atoms with Crippen LogP contribution >= 0.6 is 22.6 Å². The van der Waals surface area contributed by atoms with Crippen LogP contribution in [-0.2, 0) is 16.0 Å². The first-order valence-electron chi connectivity index (χ1n) is 6.22. The molecule has 1 N–H and O–H groups in total. The van der Waals surface area contributed by atoms with Crippen molar-refractivity contribution in [3.05, 3.63) is 33.4 Å². The molecule has 102 valence electrons. The lowest BCUT2D eigenvalue weighted by atomic mass is 9.99. The molecule has 1 amide bonds. The first-order chi connectivity index (χ1) is 8.97. The molecule has 1 aliphatic rings. The first kappa shape index (κ1) is 14.3. The van der Waals surface area contributed by atoms with Crippen LogP contribution in [0.1, 0.15) is 12.5 Å². The van der Waals surface area contributed by atoms with Crippen LogP contribution in [0, 0.1) is 15.4 Å². The fourth-order valence-electron chi connectivity index (χ4n) is 2.43. The van der Waals surface area contributed by atoms with Gasteiger partial charge in [0.2, 0.25) is 5.91 Å². The summed E-state index contributed by atoms with van der Waals surface area (Å²) in [5.74, 6) is -1.20. The van der Waals surface area contributed by atoms with Gasteiger partial charge >= 0.3 is 5.97 Å². The fraction of sp³-hybridized carbons (Fsp3) is 0.429. The van der Waals surface area contributed by atoms with Crippen molar-refractivity contribution in [2.75, 3.05) is 13.1 Å². The highest BCUT2D eigenvalue weighted by Crippen LogP contribution is 2.24. The molecule has 0 aliphatic carbocycles. The summed E-state index contributed by atoms with van der Waals surface area (Å²) < 4.78 is 1.10. The van der Waals surface area contributed by atoms with Crippen molar-refractivity contribution in [1.29, 1.82) is 0 Å². The average Bonchev–Trinajstić information content (AvgIpc) is 2.71. The summed E-state index contributed by atoms with van der Waals surface area (Å²) in [6, 6.07) is 7.81. The number of nitrogens with zero attached hydrogens (tertiary/aromatic N) is 1. The summed E-state index contributed by atoms with van der Waals surface area (Å²) in [5, 5.41) is 9.07. The number of carbonyl (C=O) groups is 2. The molecule has 19 heavy (non-hydrogen) atoms. The number of benzene rings is 1. The van der Waals surface area contributed by atoms with E-state index in [4.69, 9.17) is 5.11 Å². The minimum Gasteiger partial charge on any atom is -0.481 e. The van der Waals surface area contributed by atoms with Crippen LogP contribution in [0.5, 0.6) is 0 Å². The number of likely N-dealkylation sites (tertiary alicyclic amines) is 1. The van der Waals surface area contributed by atoms with E-state index in [2.05, 4.69) is 22.6 Å². The summed E-state index contributed by atoms with van der Waals surface area (Å²) >= 11 is 2.21. The molecule has 2 atom stereocenters. The van der Waals surface area contributed by atoms with E-state index in [-0.39, 0.29) is 11.8 Å². The number of carboxylic acid groups (broad SMARTS) is 1. The molecule has 1 heterocycles. The van der Waals surface area contributed by atoms with Gasteiger partial charge in [-0.1, -0.05) is 19.1 Å². The predicted octanol–water partition coefficient (Wildman–Crippen LogP) is 2.01. The molecule has 0 aromatic heterocycles. The molecule has 0 spiro atoms. The Morgan fingerprint density at radius 1 is 1.42 bits per heavy atom. The Kier molecular flexibility index (Phi) is 4.44. The van der Waals surface area contributed by atoms with E-state index in [1.807, 2.05) is 31.2 Å². The molecule has 0 radical (unpaired) electrons. The Morgan fingerprint density at radius 3 is 2.74 bits per heavy atom. The molecule has 1 aromatic rings. The Morgan fingerprint density at radius 2 is 2.16 bits per heavy atom. The molecular formula is C14H16INO3. The third-order valence-electron chi connectivity index (χ3n) is 3.53. The van der Waals surface area contributed by atoms with Crippen molar-refractivity contribution in [3.63, 3.8) is 0 Å². The zero-order valence-electron chi connectivity index (χ0n) is 10.7. The van der Waals surface area contributed by atoms with Gasteiger partial charge in [-0.05, 0) is 46.2 Å². The van der Waals surface area contributed by atoms with E-state index in [0.717, 1.165) is 9.13 Å². The number of halogens is 1. The summed E-state index contributed by atoms with van der Waals surface area (Å²) in [7, 11) is 0. The Balaban J connectivity index is 2.00. The zero-order valence-corrected chi connectivity index (χ0v) is 12.8. The summed E-state index contributed by atoms with van der Waals surface area (Å²) in [6.45, 7) is 2.76. The number of carboxylic acids is 1. The van der Waals surface area contributed by atoms with Crippen molar-refractivity contribution in [2.24, 2.45) is 11.8 Å². The van der Waals surface area contributed by atoms with Gasteiger partial charge in [0.1, 0.15) is 0 Å². The maximum Gasteiger partial charge on any atom is 0.308 e. The molecule has 0 saturated carbocycles. The van der Waals surface area contributed by atoms with Crippen molar-refractivity contribution < 1.29 is 14.7 Å². The van der Waals surface area contributed by atoms with Crippen LogP contribution in [-0.4, -0.2) is 35.0 Å². The molecule has 1 saturated heterocycles. The van der Waals surface area contributed by atoms with E-state index in [0.29, 0.717) is 19.5 Å². The van der Waals surface area contributed by atoms with Gasteiger partial charge in [0, 0.05) is 16.7 Å². The van der Waals surface area contributed by atoms with Crippen LogP contribution in [0.3, 0.4) is 0 Å². The maximum absolute atomic E-state index is 12.2. The highest BCUT2D eigenvalue weighted by atomic mass is 127. The second kappa shape index (κ2) is 5.90. The third-order valence-corrected chi connectivity index (χ3v) is 4.20. The first-order valence-corrected chi connectivity index (χ1v) is 7.30. The van der Waals surface area contributed by atoms with Gasteiger partial charge in [-0.3, -0.25) is 9.59 Å². The fourth-order valence-corrected chi connectivity index (χ4v) is 3.03. The number of rotatable bonds is 3. The molecule has 1 fully saturated rings. The standard InChI is InChI=1S/C14H16INO3/c1-9-7-16(8-12(9)14(18)19)13(17)6-10-3-2-4-11(15)5-10/h2-5,9,12H,6-8H2,1H3,(H,18,19)/t9-,12-/m1/s1. The lowest BCUT2D eigenvalue weighted by molar-refractivity contribution is -0.142. The number of amides is 1. The average molecular weight is 373 g/mol. The quantitative estimate of drug-likeness (QED) is 0.825. The van der Waals surface area contributed by atoms with Gasteiger partial charge in [0.25, 0.3) is 0 Å². The number of hydrogen-bond donors (Lipinski definition) is 1. The second-order valence-corrected chi connectivity index (χ2v) is 6.27. The smallest absolute Gasteiger partial charge is 0.308 e. The van der Waals surface area contributed by atoms with Crippen molar-refractivity contribution in [3.8, 4) is 0 Å². The minimum absolute atomic E-state index is 0.0117. The van der Waals surface area contributed by atoms with Gasteiger partial charge in [-0.2, -0.15) is 0 Å². The van der Waals surface area contributed by atoms with Crippen LogP contribution in [0.2, 0.25) is 0 Å². The van der Waals surface area contributed by atoms with Gasteiger partial charge < -0.3 is 10.0 Å². The minimum atomic E-state index is -0.808. The van der Waals surface area contributed by atoms with Crippen LogP contribution in [0.25, 0.3) is 0 Å². The molecule has 0 unspecified atom stereocenters. The van der Waals surface area contributed by atoms with Gasteiger partial charge in [0.05, 0.1) is 12.3 Å². The third kappa shape index (κ3) is 3.46. The van der Waals surface area contributed by atoms with Crippen LogP contribution in [0.15, 0.2) is 24.3 Å². The van der Waals surface area contributed by atoms with E-state index in [1.54, 1.807) is 4.90 Å². The molecule has 5 heteroatoms. The number of hydrogen-bond acceptors (Lipinski definition) is 2. The molecule has 0 bridgehead atoms. The molecular weight excluding hydrogens is 357 g/mol. The monoisotopic (exact) mass is 373 g/mol. The molecule has 1 aromatic carbocycles. The maximum atomic E-state index is 12.2. The Bertz CT molecular complexity index is 503. The van der Waals surface area contributed by atoms with Crippen LogP contribution in [0.4, 0.5) is 0 Å². The van der Waals surface area contributed by atoms with E-state index < -0.39 is 11.9 Å². The zero-order chi connectivity index (χ0) is 14.0. The van der Waals surface area contributed by atoms with Crippen molar-refractivity contribution in [2.45, 2.75) is 13.3 Å². The molecule has 2 rings (SSSR count). The summed E-state index contributed by atoms with van der Waals surface area (Å²) in [5.41, 5.74) is 0.975. The highest BCUT2D eigenvalue weighted by Gasteiger charge is 2.36. The SMILES string of the molecule is C[C@@H]1CN(C(=O)Cc2cccc(I)c2)C[C@H]1C(=O)O. The van der Waals surface area contributed by atoms with Gasteiger partial charge in [-0.25, -0.2) is 0 Å². The van der Waals surface area contributed by atoms with Crippen molar-refractivity contribution in [1.82, 2.24) is 4.90 Å². The number of aliphatic carboxylic acids is 1. The van der Waals surface area contributed by atoms with E-state index in [9.17, 15) is 9.59 Å². The number of carbonyl (C=O) groups excluding carboxylic acids is 1. The summed E-state index contributed by atoms with van der Waals surface area (Å²) in [6.07, 6.45) is 0.343. The normalized spacial score (nSPS) is 22.5. The Labute approximate surface area is 125 Å². The highest BCUT2D eigenvalue weighted by molar-refractivity contribution is 14.1. The Hall–Kier alpha value is -1.11. The van der Waals surface area contributed by atoms with Gasteiger partial charge in [-0.15, -0.1) is 0 Å². The van der Waals surface area contributed by atoms with E-state index >= 15 is 0 Å². The van der Waals surface area contributed by atoms with E-state index in [1.165, 1.54) is 0 Å². The summed E-state index contributed by atoms with van der Waals surface area (Å²) in [4.78, 5) is 24.9. The molecule has 1 aliphatic heterocycles. The van der Waals surface area contributed by atoms with Crippen LogP contribution < -0.4 is 0 Å². The molecule has 4 nitrogen and oxygen atoms in total. The lowest BCUT2D eigenvalue weighted by Gasteiger charge is -2.16. The second-order valence-electron chi connectivity index (χ2n) is 5.03. The van der Waals surface area contributed by atoms with Gasteiger partial charge in [0.15, 0.2) is 0 Å². The largest absolute Gasteiger partial charge is 0.481 e.